The minimum absolute atomic E-state index is 0. The molecule has 0 fully saturated rings. The van der Waals surface area contributed by atoms with Crippen LogP contribution in [0, 0.1) is 0 Å². The number of rotatable bonds is 4. The Bertz CT molecular complexity index is 1440. The van der Waals surface area contributed by atoms with Crippen molar-refractivity contribution in [2.24, 2.45) is 0 Å². The van der Waals surface area contributed by atoms with Crippen molar-refractivity contribution in [1.82, 2.24) is 0 Å². The fourth-order valence-electron chi connectivity index (χ4n) is 5.47. The van der Waals surface area contributed by atoms with Gasteiger partial charge in [0.25, 0.3) is 0 Å². The number of hydrogen-bond acceptors (Lipinski definition) is 0. The maximum Gasteiger partial charge on any atom is -1.00 e. The van der Waals surface area contributed by atoms with E-state index in [0.717, 1.165) is 0 Å². The van der Waals surface area contributed by atoms with Crippen molar-refractivity contribution < 1.29 is 48.0 Å². The maximum atomic E-state index is 2.34. The zero-order chi connectivity index (χ0) is 23.8. The number of halogens is 2. The predicted octanol–water partition coefficient (Wildman–Crippen LogP) is 2.83. The number of fused-ring (bicyclic) bond motifs is 2. The molecule has 0 spiro atoms. The molecule has 4 aromatic rings. The van der Waals surface area contributed by atoms with Crippen molar-refractivity contribution in [3.63, 3.8) is 0 Å². The van der Waals surface area contributed by atoms with E-state index in [-0.39, 0.29) is 24.8 Å². The summed E-state index contributed by atoms with van der Waals surface area (Å²) in [4.78, 5) is 0. The van der Waals surface area contributed by atoms with Gasteiger partial charge in [-0.2, -0.15) is 0 Å². The van der Waals surface area contributed by atoms with Gasteiger partial charge in [0.05, 0.1) is 0 Å². The van der Waals surface area contributed by atoms with Crippen LogP contribution in [0.5, 0.6) is 0 Å². The first kappa shape index (κ1) is 27.3. The molecule has 2 aliphatic rings. The van der Waals surface area contributed by atoms with Gasteiger partial charge >= 0.3 is 221 Å². The second-order valence-electron chi connectivity index (χ2n) is 8.85. The SMILES string of the molecule is CC=C1[C]([Zr+2][C]2=C(c3ccccc3)c3ccccc3C2=CC)=C(c2ccccc2)c2ccccc21.[Cl-].[Cl-]. The van der Waals surface area contributed by atoms with Crippen LogP contribution in [0.25, 0.3) is 22.3 Å². The number of benzene rings is 4. The summed E-state index contributed by atoms with van der Waals surface area (Å²) in [5, 5.41) is 0. The van der Waals surface area contributed by atoms with Crippen molar-refractivity contribution in [1.29, 1.82) is 0 Å². The molecule has 0 N–H and O–H groups in total. The van der Waals surface area contributed by atoms with Crippen molar-refractivity contribution in [3.05, 3.63) is 161 Å². The summed E-state index contributed by atoms with van der Waals surface area (Å²) in [5.41, 5.74) is 13.9. The van der Waals surface area contributed by atoms with Gasteiger partial charge in [0.1, 0.15) is 0 Å². The average molecular weight is 597 g/mol. The van der Waals surface area contributed by atoms with Gasteiger partial charge in [-0.3, -0.25) is 0 Å². The second-order valence-corrected chi connectivity index (χ2v) is 11.9. The normalized spacial score (nSPS) is 15.7. The largest absolute Gasteiger partial charge is 1.00 e. The molecule has 0 amide bonds. The summed E-state index contributed by atoms with van der Waals surface area (Å²) in [7, 11) is 0. The van der Waals surface area contributed by atoms with E-state index >= 15 is 0 Å². The molecule has 0 aliphatic heterocycles. The maximum absolute atomic E-state index is 2.34. The van der Waals surface area contributed by atoms with E-state index in [2.05, 4.69) is 135 Å². The smallest absolute Gasteiger partial charge is 1.00 e. The molecule has 0 unspecified atom stereocenters. The fourth-order valence-corrected chi connectivity index (χ4v) is 10.1. The first-order valence-electron chi connectivity index (χ1n) is 12.2. The minimum Gasteiger partial charge on any atom is -1.00 e. The molecule has 0 atom stereocenters. The van der Waals surface area contributed by atoms with E-state index in [1.807, 2.05) is 0 Å². The van der Waals surface area contributed by atoms with Crippen LogP contribution in [0.4, 0.5) is 0 Å². The third-order valence-corrected chi connectivity index (χ3v) is 10.7. The Morgan fingerprint density at radius 2 is 0.757 bits per heavy atom. The van der Waals surface area contributed by atoms with Gasteiger partial charge in [-0.1, -0.05) is 0 Å². The Labute approximate surface area is 243 Å². The van der Waals surface area contributed by atoms with Crippen LogP contribution in [0.15, 0.2) is 128 Å². The zero-order valence-electron chi connectivity index (χ0n) is 20.8. The molecule has 3 heteroatoms. The van der Waals surface area contributed by atoms with Crippen LogP contribution in [0.1, 0.15) is 47.2 Å². The molecular formula is C34H26Cl2Zr. The fraction of sp³-hybridized carbons (Fsp3) is 0.0588. The first-order valence-corrected chi connectivity index (χ1v) is 14.7. The van der Waals surface area contributed by atoms with Gasteiger partial charge in [-0.15, -0.1) is 0 Å². The van der Waals surface area contributed by atoms with E-state index < -0.39 is 23.2 Å². The molecule has 0 saturated carbocycles. The summed E-state index contributed by atoms with van der Waals surface area (Å²) >= 11 is -1.23. The van der Waals surface area contributed by atoms with Crippen molar-refractivity contribution in [2.45, 2.75) is 13.8 Å². The molecule has 4 aromatic carbocycles. The molecule has 0 radical (unpaired) electrons. The molecule has 0 nitrogen and oxygen atoms in total. The molecule has 0 saturated heterocycles. The van der Waals surface area contributed by atoms with Gasteiger partial charge in [-0.05, 0) is 0 Å². The van der Waals surface area contributed by atoms with Gasteiger partial charge in [0.2, 0.25) is 0 Å². The second kappa shape index (κ2) is 11.8. The van der Waals surface area contributed by atoms with Crippen molar-refractivity contribution >= 4 is 22.3 Å². The predicted molar refractivity (Wildman–Crippen MR) is 145 cm³/mol. The van der Waals surface area contributed by atoms with Crippen LogP contribution in [0.2, 0.25) is 0 Å². The summed E-state index contributed by atoms with van der Waals surface area (Å²) in [6.45, 7) is 4.40. The third kappa shape index (κ3) is 4.70. The van der Waals surface area contributed by atoms with E-state index in [0.29, 0.717) is 0 Å². The van der Waals surface area contributed by atoms with Crippen molar-refractivity contribution in [3.8, 4) is 0 Å². The summed E-state index contributed by atoms with van der Waals surface area (Å²) in [5.74, 6) is 0. The van der Waals surface area contributed by atoms with Crippen LogP contribution in [0.3, 0.4) is 0 Å². The van der Waals surface area contributed by atoms with Gasteiger partial charge in [0, 0.05) is 0 Å². The molecule has 0 heterocycles. The molecule has 37 heavy (non-hydrogen) atoms. The molecule has 6 rings (SSSR count). The summed E-state index contributed by atoms with van der Waals surface area (Å²) in [6, 6.07) is 39.9. The Balaban J connectivity index is 0.00000160. The summed E-state index contributed by atoms with van der Waals surface area (Å²) in [6.07, 6.45) is 4.68. The molecule has 2 aliphatic carbocycles. The molecule has 0 bridgehead atoms. The average Bonchev–Trinajstić information content (AvgIpc) is 3.41. The van der Waals surface area contributed by atoms with Gasteiger partial charge in [0.15, 0.2) is 0 Å². The first-order chi connectivity index (χ1) is 17.3. The Morgan fingerprint density at radius 1 is 0.432 bits per heavy atom. The molecular weight excluding hydrogens is 571 g/mol. The summed E-state index contributed by atoms with van der Waals surface area (Å²) < 4.78 is 3.16. The minimum atomic E-state index is -1.23. The van der Waals surface area contributed by atoms with E-state index in [9.17, 15) is 0 Å². The van der Waals surface area contributed by atoms with Crippen LogP contribution in [-0.4, -0.2) is 0 Å². The van der Waals surface area contributed by atoms with Crippen LogP contribution < -0.4 is 24.8 Å². The van der Waals surface area contributed by atoms with Crippen LogP contribution in [-0.2, 0) is 23.2 Å². The van der Waals surface area contributed by atoms with Crippen LogP contribution >= 0.6 is 0 Å². The van der Waals surface area contributed by atoms with E-state index in [4.69, 9.17) is 0 Å². The number of hydrogen-bond donors (Lipinski definition) is 0. The van der Waals surface area contributed by atoms with E-state index in [1.54, 1.807) is 6.56 Å². The zero-order valence-corrected chi connectivity index (χ0v) is 24.8. The Morgan fingerprint density at radius 3 is 1.11 bits per heavy atom. The molecule has 0 aromatic heterocycles. The van der Waals surface area contributed by atoms with Crippen molar-refractivity contribution in [2.75, 3.05) is 0 Å². The third-order valence-electron chi connectivity index (χ3n) is 6.96. The Kier molecular flexibility index (Phi) is 8.71. The van der Waals surface area contributed by atoms with E-state index in [1.165, 1.54) is 55.7 Å². The quantitative estimate of drug-likeness (QED) is 0.340. The standard InChI is InChI=1S/2C17H13.2ClH.Zr/c2*1-2-13-12-17(14-8-4-3-5-9-14)16-11-7-6-10-15(13)16;;;/h2*2-11H,1H3;2*1H;/q;;;;+2/p-2. The molecule has 180 valence electrons. The Hall–Kier alpha value is -2.70. The number of allylic oxidation sites excluding steroid dienone is 6. The van der Waals surface area contributed by atoms with Gasteiger partial charge in [-0.25, -0.2) is 0 Å². The monoisotopic (exact) mass is 594 g/mol. The van der Waals surface area contributed by atoms with Gasteiger partial charge < -0.3 is 24.8 Å². The topological polar surface area (TPSA) is 0 Å².